The van der Waals surface area contributed by atoms with Crippen LogP contribution in [0.2, 0.25) is 0 Å². The summed E-state index contributed by atoms with van der Waals surface area (Å²) in [5, 5.41) is 1.93. The number of sulfonamides is 1. The van der Waals surface area contributed by atoms with E-state index < -0.39 is 20.9 Å². The maximum absolute atomic E-state index is 14.2. The van der Waals surface area contributed by atoms with Crippen molar-refractivity contribution in [3.63, 3.8) is 0 Å². The van der Waals surface area contributed by atoms with Gasteiger partial charge in [-0.15, -0.1) is 11.3 Å². The van der Waals surface area contributed by atoms with Crippen LogP contribution in [0.15, 0.2) is 41.8 Å². The molecule has 2 unspecified atom stereocenters. The fraction of sp³-hybridized carbons (Fsp3) is 0.600. The molecule has 5 rings (SSSR count). The van der Waals surface area contributed by atoms with Crippen LogP contribution in [0.25, 0.3) is 0 Å². The molecule has 2 aliphatic carbocycles. The molecule has 1 amide bonds. The summed E-state index contributed by atoms with van der Waals surface area (Å²) in [5.74, 6) is -0.708. The molecule has 1 aliphatic heterocycles. The minimum atomic E-state index is -3.96. The summed E-state index contributed by atoms with van der Waals surface area (Å²) in [5.41, 5.74) is -0.556. The molecule has 0 spiro atoms. The lowest BCUT2D eigenvalue weighted by Crippen LogP contribution is -2.51. The molecule has 0 radical (unpaired) electrons. The summed E-state index contributed by atoms with van der Waals surface area (Å²) in [6.45, 7) is 7.51. The molecule has 3 fully saturated rings. The molecule has 1 aromatic heterocycles. The van der Waals surface area contributed by atoms with E-state index in [-0.39, 0.29) is 48.8 Å². The number of hydrogen-bond acceptors (Lipinski definition) is 7. The second kappa shape index (κ2) is 12.2. The van der Waals surface area contributed by atoms with Gasteiger partial charge in [-0.25, -0.2) is 12.8 Å². The van der Waals surface area contributed by atoms with Crippen molar-refractivity contribution in [1.29, 1.82) is 0 Å². The predicted molar refractivity (Wildman–Crippen MR) is 156 cm³/mol. The Morgan fingerprint density at radius 3 is 2.49 bits per heavy atom. The van der Waals surface area contributed by atoms with Crippen LogP contribution in [-0.4, -0.2) is 85.9 Å². The minimum Gasteiger partial charge on any atom is -0.379 e. The molecule has 2 heterocycles. The predicted octanol–water partition coefficient (Wildman–Crippen LogP) is 3.78. The molecule has 41 heavy (non-hydrogen) atoms. The molecule has 2 bridgehead atoms. The van der Waals surface area contributed by atoms with Crippen molar-refractivity contribution < 1.29 is 27.1 Å². The number of rotatable bonds is 12. The molecule has 2 saturated carbocycles. The van der Waals surface area contributed by atoms with Crippen molar-refractivity contribution in [2.75, 3.05) is 51.7 Å². The topological polar surface area (TPSA) is 87.2 Å². The average molecular weight is 606 g/mol. The van der Waals surface area contributed by atoms with E-state index >= 15 is 0 Å². The highest BCUT2D eigenvalue weighted by molar-refractivity contribution is 7.89. The summed E-state index contributed by atoms with van der Waals surface area (Å²) in [7, 11) is -3.96. The van der Waals surface area contributed by atoms with Gasteiger partial charge in [0.05, 0.1) is 32.1 Å². The molecular formula is C30H40FN3O5S2. The van der Waals surface area contributed by atoms with Gasteiger partial charge >= 0.3 is 0 Å². The summed E-state index contributed by atoms with van der Waals surface area (Å²) < 4.78 is 48.6. The van der Waals surface area contributed by atoms with Crippen molar-refractivity contribution in [3.05, 3.63) is 58.0 Å². The maximum Gasteiger partial charge on any atom is 0.238 e. The molecular weight excluding hydrogens is 565 g/mol. The average Bonchev–Trinajstić information content (AvgIpc) is 3.58. The van der Waals surface area contributed by atoms with E-state index in [4.69, 9.17) is 4.74 Å². The number of Topliss-reactive ketones (excluding diaryl/α,β-unsaturated/α-hetero) is 1. The molecule has 11 heteroatoms. The standard InChI is InChI=1S/C30H40FN3O5S2/c1-29(2)24-9-10-30(29,27(35)18-24)22-41(37,38)34(12-11-32-13-15-39-16-14-32)21-28(36)33(20-26-4-3-17-40-26)19-23-5-7-25(31)8-6-23/h3-8,17,24H,9-16,18-22H2,1-2H3. The van der Waals surface area contributed by atoms with Gasteiger partial charge in [0.1, 0.15) is 11.6 Å². The highest BCUT2D eigenvalue weighted by Crippen LogP contribution is 2.64. The number of halogens is 1. The first-order valence-corrected chi connectivity index (χ1v) is 16.8. The van der Waals surface area contributed by atoms with Crippen LogP contribution in [0.1, 0.15) is 43.6 Å². The van der Waals surface area contributed by atoms with Crippen LogP contribution in [0.5, 0.6) is 0 Å². The number of carbonyl (C=O) groups excluding carboxylic acids is 2. The molecule has 224 valence electrons. The number of benzene rings is 1. The molecule has 1 saturated heterocycles. The molecule has 2 aromatic rings. The van der Waals surface area contributed by atoms with E-state index in [0.29, 0.717) is 52.2 Å². The lowest BCUT2D eigenvalue weighted by Gasteiger charge is -2.38. The second-order valence-electron chi connectivity index (χ2n) is 12.2. The third kappa shape index (κ3) is 6.44. The Bertz CT molecular complexity index is 1330. The Morgan fingerprint density at radius 2 is 1.88 bits per heavy atom. The number of morpholine rings is 1. The van der Waals surface area contributed by atoms with Gasteiger partial charge in [0.25, 0.3) is 0 Å². The normalized spacial score (nSPS) is 24.3. The van der Waals surface area contributed by atoms with E-state index in [9.17, 15) is 22.4 Å². The van der Waals surface area contributed by atoms with Crippen LogP contribution in [-0.2, 0) is 37.4 Å². The van der Waals surface area contributed by atoms with Crippen molar-refractivity contribution >= 4 is 33.1 Å². The number of thiophene rings is 1. The lowest BCUT2D eigenvalue weighted by atomic mass is 9.70. The van der Waals surface area contributed by atoms with Crippen molar-refractivity contribution in [1.82, 2.24) is 14.1 Å². The van der Waals surface area contributed by atoms with Gasteiger partial charge in [-0.2, -0.15) is 4.31 Å². The smallest absolute Gasteiger partial charge is 0.238 e. The van der Waals surface area contributed by atoms with Crippen LogP contribution in [0.3, 0.4) is 0 Å². The number of ketones is 1. The van der Waals surface area contributed by atoms with Crippen molar-refractivity contribution in [3.8, 4) is 0 Å². The van der Waals surface area contributed by atoms with Crippen LogP contribution >= 0.6 is 11.3 Å². The highest BCUT2D eigenvalue weighted by atomic mass is 32.2. The van der Waals surface area contributed by atoms with Crippen LogP contribution in [0.4, 0.5) is 4.39 Å². The highest BCUT2D eigenvalue weighted by Gasteiger charge is 2.65. The van der Waals surface area contributed by atoms with E-state index in [1.807, 2.05) is 31.4 Å². The Morgan fingerprint density at radius 1 is 1.15 bits per heavy atom. The number of ether oxygens (including phenoxy) is 1. The van der Waals surface area contributed by atoms with Gasteiger partial charge in [0, 0.05) is 49.4 Å². The molecule has 3 aliphatic rings. The van der Waals surface area contributed by atoms with Gasteiger partial charge in [-0.05, 0) is 53.3 Å². The Balaban J connectivity index is 1.39. The van der Waals surface area contributed by atoms with E-state index in [1.54, 1.807) is 17.0 Å². The number of carbonyl (C=O) groups is 2. The van der Waals surface area contributed by atoms with Gasteiger partial charge in [-0.3, -0.25) is 14.5 Å². The third-order valence-electron chi connectivity index (χ3n) is 9.61. The minimum absolute atomic E-state index is 0.0393. The zero-order chi connectivity index (χ0) is 29.3. The van der Waals surface area contributed by atoms with E-state index in [2.05, 4.69) is 4.90 Å². The summed E-state index contributed by atoms with van der Waals surface area (Å²) in [6.07, 6.45) is 1.86. The Kier molecular flexibility index (Phi) is 9.01. The maximum atomic E-state index is 14.2. The molecule has 8 nitrogen and oxygen atoms in total. The van der Waals surface area contributed by atoms with Crippen LogP contribution in [0, 0.1) is 22.6 Å². The summed E-state index contributed by atoms with van der Waals surface area (Å²) >= 11 is 1.52. The molecule has 1 aromatic carbocycles. The van der Waals surface area contributed by atoms with Crippen molar-refractivity contribution in [2.24, 2.45) is 16.7 Å². The van der Waals surface area contributed by atoms with Gasteiger partial charge in [0.2, 0.25) is 15.9 Å². The molecule has 0 N–H and O–H groups in total. The number of amides is 1. The number of fused-ring (bicyclic) bond motifs is 2. The third-order valence-corrected chi connectivity index (χ3v) is 12.4. The fourth-order valence-corrected chi connectivity index (χ4v) is 9.66. The first-order chi connectivity index (χ1) is 19.5. The first kappa shape index (κ1) is 30.3. The Hall–Kier alpha value is -2.18. The van der Waals surface area contributed by atoms with E-state index in [1.165, 1.54) is 27.8 Å². The Labute approximate surface area is 246 Å². The zero-order valence-corrected chi connectivity index (χ0v) is 25.5. The first-order valence-electron chi connectivity index (χ1n) is 14.4. The SMILES string of the molecule is CC1(C)C2CCC1(CS(=O)(=O)N(CCN1CCOCC1)CC(=O)N(Cc1ccc(F)cc1)Cc1cccs1)C(=O)C2. The number of hydrogen-bond donors (Lipinski definition) is 0. The second-order valence-corrected chi connectivity index (χ2v) is 15.2. The lowest BCUT2D eigenvalue weighted by molar-refractivity contribution is -0.132. The zero-order valence-electron chi connectivity index (χ0n) is 23.9. The summed E-state index contributed by atoms with van der Waals surface area (Å²) in [4.78, 5) is 31.8. The van der Waals surface area contributed by atoms with Crippen molar-refractivity contribution in [2.45, 2.75) is 46.2 Å². The fourth-order valence-electron chi connectivity index (χ4n) is 6.79. The number of nitrogens with zero attached hydrogens (tertiary/aromatic N) is 3. The van der Waals surface area contributed by atoms with E-state index in [0.717, 1.165) is 16.9 Å². The quantitative estimate of drug-likeness (QED) is 0.366. The molecule has 2 atom stereocenters. The van der Waals surface area contributed by atoms with Crippen LogP contribution < -0.4 is 0 Å². The summed E-state index contributed by atoms with van der Waals surface area (Å²) in [6, 6.07) is 9.84. The monoisotopic (exact) mass is 605 g/mol. The van der Waals surface area contributed by atoms with Gasteiger partial charge in [-0.1, -0.05) is 32.0 Å². The van der Waals surface area contributed by atoms with Gasteiger partial charge in [0.15, 0.2) is 0 Å². The van der Waals surface area contributed by atoms with Gasteiger partial charge < -0.3 is 9.64 Å². The largest absolute Gasteiger partial charge is 0.379 e.